The molecule has 0 aromatic heterocycles. The normalized spacial score (nSPS) is 19.8. The van der Waals surface area contributed by atoms with Crippen LogP contribution < -0.4 is 5.32 Å². The standard InChI is InChI=1S/C22H31N3O2/c1-5-6-7-8-13-25-14-18-19(21(25)26)20(23-22(27)24(18)4)17-11-9-16(10-12-17)15(2)3/h9-12,15,20H,5-8,13-14H2,1-4H3,(H,23,27)/t20-/m1/s1. The molecule has 0 bridgehead atoms. The maximum Gasteiger partial charge on any atom is 0.322 e. The van der Waals surface area contributed by atoms with Crippen LogP contribution in [0.5, 0.6) is 0 Å². The lowest BCUT2D eigenvalue weighted by Crippen LogP contribution is -2.45. The molecule has 2 aliphatic rings. The van der Waals surface area contributed by atoms with E-state index in [9.17, 15) is 9.59 Å². The monoisotopic (exact) mass is 369 g/mol. The van der Waals surface area contributed by atoms with Gasteiger partial charge in [0.15, 0.2) is 0 Å². The van der Waals surface area contributed by atoms with Gasteiger partial charge in [-0.2, -0.15) is 0 Å². The maximum atomic E-state index is 13.1. The van der Waals surface area contributed by atoms with Gasteiger partial charge in [0.05, 0.1) is 23.9 Å². The van der Waals surface area contributed by atoms with Gasteiger partial charge in [0.25, 0.3) is 5.91 Å². The molecular weight excluding hydrogens is 338 g/mol. The van der Waals surface area contributed by atoms with Crippen molar-refractivity contribution >= 4 is 11.9 Å². The van der Waals surface area contributed by atoms with Crippen LogP contribution in [0.15, 0.2) is 35.5 Å². The van der Waals surface area contributed by atoms with Crippen molar-refractivity contribution in [3.8, 4) is 0 Å². The largest absolute Gasteiger partial charge is 0.333 e. The Labute approximate surface area is 162 Å². The molecule has 5 nitrogen and oxygen atoms in total. The Bertz CT molecular complexity index is 736. The summed E-state index contributed by atoms with van der Waals surface area (Å²) >= 11 is 0. The molecule has 0 saturated heterocycles. The fourth-order valence-corrected chi connectivity index (χ4v) is 3.86. The second kappa shape index (κ2) is 8.15. The Morgan fingerprint density at radius 2 is 1.81 bits per heavy atom. The quantitative estimate of drug-likeness (QED) is 0.733. The number of nitrogens with zero attached hydrogens (tertiary/aromatic N) is 2. The second-order valence-corrected chi connectivity index (χ2v) is 7.91. The Kier molecular flexibility index (Phi) is 5.88. The van der Waals surface area contributed by atoms with Crippen LogP contribution in [0.25, 0.3) is 0 Å². The first-order valence-electron chi connectivity index (χ1n) is 10.1. The fourth-order valence-electron chi connectivity index (χ4n) is 3.86. The van der Waals surface area contributed by atoms with Gasteiger partial charge in [0.1, 0.15) is 0 Å². The summed E-state index contributed by atoms with van der Waals surface area (Å²) in [5.74, 6) is 0.513. The molecular formula is C22H31N3O2. The molecule has 2 heterocycles. The van der Waals surface area contributed by atoms with Gasteiger partial charge in [-0.15, -0.1) is 0 Å². The number of hydrogen-bond donors (Lipinski definition) is 1. The van der Waals surface area contributed by atoms with Crippen molar-refractivity contribution in [3.05, 3.63) is 46.7 Å². The van der Waals surface area contributed by atoms with Crippen LogP contribution in [-0.2, 0) is 4.79 Å². The predicted molar refractivity (Wildman–Crippen MR) is 107 cm³/mol. The van der Waals surface area contributed by atoms with Crippen LogP contribution in [0.3, 0.4) is 0 Å². The van der Waals surface area contributed by atoms with Crippen molar-refractivity contribution < 1.29 is 9.59 Å². The lowest BCUT2D eigenvalue weighted by atomic mass is 9.93. The highest BCUT2D eigenvalue weighted by molar-refractivity contribution is 6.01. The smallest absolute Gasteiger partial charge is 0.322 e. The van der Waals surface area contributed by atoms with E-state index in [-0.39, 0.29) is 18.0 Å². The molecule has 5 heteroatoms. The summed E-state index contributed by atoms with van der Waals surface area (Å²) in [6.45, 7) is 7.79. The molecule has 1 atom stereocenters. The van der Waals surface area contributed by atoms with Crippen molar-refractivity contribution in [2.75, 3.05) is 20.1 Å². The molecule has 2 aliphatic heterocycles. The number of hydrogen-bond acceptors (Lipinski definition) is 2. The minimum Gasteiger partial charge on any atom is -0.333 e. The minimum absolute atomic E-state index is 0.0614. The Balaban J connectivity index is 1.83. The van der Waals surface area contributed by atoms with Gasteiger partial charge in [0, 0.05) is 13.6 Å². The van der Waals surface area contributed by atoms with Gasteiger partial charge in [-0.1, -0.05) is 64.3 Å². The van der Waals surface area contributed by atoms with Crippen molar-refractivity contribution in [1.29, 1.82) is 0 Å². The van der Waals surface area contributed by atoms with E-state index < -0.39 is 0 Å². The van der Waals surface area contributed by atoms with Gasteiger partial charge in [-0.25, -0.2) is 4.79 Å². The number of carbonyl (C=O) groups excluding carboxylic acids is 2. The number of likely N-dealkylation sites (N-methyl/N-ethyl adjacent to an activating group) is 1. The molecule has 0 spiro atoms. The van der Waals surface area contributed by atoms with Crippen LogP contribution in [0.2, 0.25) is 0 Å². The molecule has 1 N–H and O–H groups in total. The molecule has 27 heavy (non-hydrogen) atoms. The van der Waals surface area contributed by atoms with Crippen LogP contribution in [-0.4, -0.2) is 41.9 Å². The average molecular weight is 370 g/mol. The van der Waals surface area contributed by atoms with Crippen LogP contribution in [0.4, 0.5) is 4.79 Å². The fraction of sp³-hybridized carbons (Fsp3) is 0.545. The van der Waals surface area contributed by atoms with Crippen LogP contribution >= 0.6 is 0 Å². The Morgan fingerprint density at radius 1 is 1.11 bits per heavy atom. The number of nitrogens with one attached hydrogen (secondary N) is 1. The van der Waals surface area contributed by atoms with Crippen LogP contribution in [0.1, 0.15) is 69.5 Å². The number of carbonyl (C=O) groups is 2. The predicted octanol–water partition coefficient (Wildman–Crippen LogP) is 4.18. The number of urea groups is 1. The zero-order chi connectivity index (χ0) is 19.6. The molecule has 1 aromatic rings. The molecule has 0 saturated carbocycles. The van der Waals surface area contributed by atoms with E-state index in [0.717, 1.165) is 36.2 Å². The summed E-state index contributed by atoms with van der Waals surface area (Å²) in [7, 11) is 1.75. The Hall–Kier alpha value is -2.30. The van der Waals surface area contributed by atoms with Gasteiger partial charge < -0.3 is 10.2 Å². The highest BCUT2D eigenvalue weighted by Gasteiger charge is 2.42. The lowest BCUT2D eigenvalue weighted by molar-refractivity contribution is -0.125. The van der Waals surface area contributed by atoms with Gasteiger partial charge in [0.2, 0.25) is 0 Å². The van der Waals surface area contributed by atoms with Gasteiger partial charge in [-0.3, -0.25) is 9.69 Å². The molecule has 1 aromatic carbocycles. The number of rotatable bonds is 7. The molecule has 3 rings (SSSR count). The van der Waals surface area contributed by atoms with E-state index >= 15 is 0 Å². The van der Waals surface area contributed by atoms with E-state index in [1.807, 2.05) is 17.0 Å². The molecule has 0 aliphatic carbocycles. The number of amides is 3. The number of unbranched alkanes of at least 4 members (excludes halogenated alkanes) is 3. The summed E-state index contributed by atoms with van der Waals surface area (Å²) in [6, 6.07) is 7.74. The van der Waals surface area contributed by atoms with E-state index in [4.69, 9.17) is 0 Å². The molecule has 0 unspecified atom stereocenters. The zero-order valence-corrected chi connectivity index (χ0v) is 16.9. The van der Waals surface area contributed by atoms with E-state index in [0.29, 0.717) is 12.5 Å². The lowest BCUT2D eigenvalue weighted by Gasteiger charge is -2.31. The summed E-state index contributed by atoms with van der Waals surface area (Å²) < 4.78 is 0. The molecule has 0 fully saturated rings. The van der Waals surface area contributed by atoms with Crippen molar-refractivity contribution in [1.82, 2.24) is 15.1 Å². The molecule has 146 valence electrons. The van der Waals surface area contributed by atoms with Crippen molar-refractivity contribution in [3.63, 3.8) is 0 Å². The summed E-state index contributed by atoms with van der Waals surface area (Å²) in [5, 5.41) is 3.01. The van der Waals surface area contributed by atoms with Gasteiger partial charge in [-0.05, 0) is 23.5 Å². The highest BCUT2D eigenvalue weighted by atomic mass is 16.2. The Morgan fingerprint density at radius 3 is 2.44 bits per heavy atom. The summed E-state index contributed by atoms with van der Waals surface area (Å²) in [4.78, 5) is 29.1. The average Bonchev–Trinajstić information content (AvgIpc) is 2.99. The first kappa shape index (κ1) is 19.5. The third-order valence-electron chi connectivity index (χ3n) is 5.65. The van der Waals surface area contributed by atoms with Crippen molar-refractivity contribution in [2.24, 2.45) is 0 Å². The highest BCUT2D eigenvalue weighted by Crippen LogP contribution is 2.36. The minimum atomic E-state index is -0.363. The number of benzene rings is 1. The third-order valence-corrected chi connectivity index (χ3v) is 5.65. The summed E-state index contributed by atoms with van der Waals surface area (Å²) in [6.07, 6.45) is 4.52. The summed E-state index contributed by atoms with van der Waals surface area (Å²) in [5.41, 5.74) is 3.79. The maximum absolute atomic E-state index is 13.1. The van der Waals surface area contributed by atoms with Crippen molar-refractivity contribution in [2.45, 2.75) is 58.4 Å². The van der Waals surface area contributed by atoms with E-state index in [1.54, 1.807) is 11.9 Å². The van der Waals surface area contributed by atoms with Crippen LogP contribution in [0, 0.1) is 0 Å². The first-order chi connectivity index (χ1) is 12.9. The topological polar surface area (TPSA) is 52.7 Å². The molecule has 3 amide bonds. The second-order valence-electron chi connectivity index (χ2n) is 7.91. The zero-order valence-electron chi connectivity index (χ0n) is 16.9. The third kappa shape index (κ3) is 3.87. The van der Waals surface area contributed by atoms with E-state index in [1.165, 1.54) is 18.4 Å². The molecule has 0 radical (unpaired) electrons. The van der Waals surface area contributed by atoms with E-state index in [2.05, 4.69) is 38.2 Å². The first-order valence-corrected chi connectivity index (χ1v) is 10.1. The van der Waals surface area contributed by atoms with Gasteiger partial charge >= 0.3 is 6.03 Å². The SMILES string of the molecule is CCCCCCN1CC2=C(C1=O)[C@@H](c1ccc(C(C)C)cc1)NC(=O)N2C.